The molecule has 0 aromatic heterocycles. The molecule has 0 saturated carbocycles. The van der Waals surface area contributed by atoms with E-state index in [0.29, 0.717) is 38.9 Å². The van der Waals surface area contributed by atoms with Gasteiger partial charge in [0.15, 0.2) is 0 Å². The molecule has 0 bridgehead atoms. The summed E-state index contributed by atoms with van der Waals surface area (Å²) in [7, 11) is 0. The molecule has 7 heteroatoms. The predicted octanol–water partition coefficient (Wildman–Crippen LogP) is 3.02. The van der Waals surface area contributed by atoms with Crippen molar-refractivity contribution in [2.24, 2.45) is 11.8 Å². The standard InChI is InChI=1S/C19H36N2O5/c1-7-10-25-18(23)15(12-13(4)5)20-17(22)16(14(6)9-3)21-19(24)26-11-8-2/h13-16H,7-12H2,1-6H3,(H,20,22)(H,21,24). The highest BCUT2D eigenvalue weighted by Crippen LogP contribution is 2.12. The molecule has 2 amide bonds. The van der Waals surface area contributed by atoms with Crippen LogP contribution in [0.25, 0.3) is 0 Å². The van der Waals surface area contributed by atoms with Gasteiger partial charge in [-0.2, -0.15) is 0 Å². The second-order valence-electron chi connectivity index (χ2n) is 7.00. The third kappa shape index (κ3) is 9.63. The van der Waals surface area contributed by atoms with E-state index in [2.05, 4.69) is 10.6 Å². The van der Waals surface area contributed by atoms with Crippen molar-refractivity contribution >= 4 is 18.0 Å². The average Bonchev–Trinajstić information content (AvgIpc) is 2.60. The van der Waals surface area contributed by atoms with Crippen LogP contribution in [-0.4, -0.2) is 43.3 Å². The number of hydrogen-bond acceptors (Lipinski definition) is 5. The van der Waals surface area contributed by atoms with Gasteiger partial charge in [0.2, 0.25) is 5.91 Å². The number of carbonyl (C=O) groups excluding carboxylic acids is 3. The third-order valence-corrected chi connectivity index (χ3v) is 3.96. The molecule has 2 N–H and O–H groups in total. The molecule has 0 rings (SSSR count). The van der Waals surface area contributed by atoms with Crippen molar-refractivity contribution in [3.05, 3.63) is 0 Å². The van der Waals surface area contributed by atoms with Crippen LogP contribution in [0.15, 0.2) is 0 Å². The average molecular weight is 373 g/mol. The van der Waals surface area contributed by atoms with Crippen molar-refractivity contribution in [3.63, 3.8) is 0 Å². The van der Waals surface area contributed by atoms with Gasteiger partial charge in [-0.15, -0.1) is 0 Å². The Kier molecular flexibility index (Phi) is 12.5. The maximum absolute atomic E-state index is 12.7. The second-order valence-corrected chi connectivity index (χ2v) is 7.00. The molecule has 3 atom stereocenters. The Hall–Kier alpha value is -1.79. The maximum Gasteiger partial charge on any atom is 0.407 e. The highest BCUT2D eigenvalue weighted by molar-refractivity contribution is 5.89. The van der Waals surface area contributed by atoms with Gasteiger partial charge >= 0.3 is 12.1 Å². The Bertz CT molecular complexity index is 440. The van der Waals surface area contributed by atoms with Gasteiger partial charge in [-0.3, -0.25) is 4.79 Å². The zero-order chi connectivity index (χ0) is 20.1. The van der Waals surface area contributed by atoms with E-state index in [0.717, 1.165) is 0 Å². The second kappa shape index (κ2) is 13.4. The molecule has 7 nitrogen and oxygen atoms in total. The molecule has 0 aromatic rings. The number of alkyl carbamates (subject to hydrolysis) is 1. The molecule has 26 heavy (non-hydrogen) atoms. The normalized spacial score (nSPS) is 14.3. The first-order valence-corrected chi connectivity index (χ1v) is 9.66. The number of hydrogen-bond donors (Lipinski definition) is 2. The van der Waals surface area contributed by atoms with Crippen molar-refractivity contribution < 1.29 is 23.9 Å². The van der Waals surface area contributed by atoms with E-state index >= 15 is 0 Å². The van der Waals surface area contributed by atoms with Crippen LogP contribution in [0.1, 0.15) is 67.2 Å². The van der Waals surface area contributed by atoms with Gasteiger partial charge in [0, 0.05) is 0 Å². The number of nitrogens with one attached hydrogen (secondary N) is 2. The smallest absolute Gasteiger partial charge is 0.407 e. The monoisotopic (exact) mass is 372 g/mol. The summed E-state index contributed by atoms with van der Waals surface area (Å²) in [6.07, 6.45) is 1.96. The SMILES string of the molecule is CCCOC(=O)NC(C(=O)NC(CC(C)C)C(=O)OCCC)C(C)CC. The van der Waals surface area contributed by atoms with Crippen molar-refractivity contribution in [1.82, 2.24) is 10.6 Å². The van der Waals surface area contributed by atoms with Crippen molar-refractivity contribution in [3.8, 4) is 0 Å². The summed E-state index contributed by atoms with van der Waals surface area (Å²) in [6.45, 7) is 12.2. The van der Waals surface area contributed by atoms with E-state index in [1.807, 2.05) is 41.5 Å². The minimum atomic E-state index is -0.766. The highest BCUT2D eigenvalue weighted by atomic mass is 16.5. The number of amides is 2. The Morgan fingerprint density at radius 2 is 1.46 bits per heavy atom. The molecule has 0 aliphatic heterocycles. The van der Waals surface area contributed by atoms with Gasteiger partial charge in [0.25, 0.3) is 0 Å². The number of rotatable bonds is 12. The number of ether oxygens (including phenoxy) is 2. The van der Waals surface area contributed by atoms with Crippen molar-refractivity contribution in [1.29, 1.82) is 0 Å². The minimum Gasteiger partial charge on any atom is -0.464 e. The van der Waals surface area contributed by atoms with Crippen LogP contribution >= 0.6 is 0 Å². The van der Waals surface area contributed by atoms with E-state index in [9.17, 15) is 14.4 Å². The van der Waals surface area contributed by atoms with Crippen LogP contribution in [0.4, 0.5) is 4.79 Å². The first kappa shape index (κ1) is 24.2. The van der Waals surface area contributed by atoms with Gasteiger partial charge in [-0.05, 0) is 31.1 Å². The molecule has 0 heterocycles. The maximum atomic E-state index is 12.7. The number of carbonyl (C=O) groups is 3. The van der Waals surface area contributed by atoms with Crippen LogP contribution in [0.2, 0.25) is 0 Å². The van der Waals surface area contributed by atoms with Gasteiger partial charge in [-0.25, -0.2) is 9.59 Å². The summed E-state index contributed by atoms with van der Waals surface area (Å²) in [5.74, 6) is -0.730. The van der Waals surface area contributed by atoms with Crippen molar-refractivity contribution in [2.75, 3.05) is 13.2 Å². The van der Waals surface area contributed by atoms with Gasteiger partial charge in [-0.1, -0.05) is 48.0 Å². The summed E-state index contributed by atoms with van der Waals surface area (Å²) >= 11 is 0. The fourth-order valence-corrected chi connectivity index (χ4v) is 2.32. The van der Waals surface area contributed by atoms with Crippen LogP contribution < -0.4 is 10.6 Å². The zero-order valence-electron chi connectivity index (χ0n) is 17.1. The third-order valence-electron chi connectivity index (χ3n) is 3.96. The molecule has 0 aromatic carbocycles. The molecule has 0 aliphatic rings. The lowest BCUT2D eigenvalue weighted by Gasteiger charge is -2.26. The molecule has 0 aliphatic carbocycles. The summed E-state index contributed by atoms with van der Waals surface area (Å²) in [5, 5.41) is 5.37. The summed E-state index contributed by atoms with van der Waals surface area (Å²) < 4.78 is 10.2. The van der Waals surface area contributed by atoms with Crippen LogP contribution in [-0.2, 0) is 19.1 Å². The van der Waals surface area contributed by atoms with E-state index in [4.69, 9.17) is 9.47 Å². The molecule has 152 valence electrons. The molecule has 0 saturated heterocycles. The van der Waals surface area contributed by atoms with Crippen LogP contribution in [0, 0.1) is 11.8 Å². The summed E-state index contributed by atoms with van der Waals surface area (Å²) in [5.41, 5.74) is 0. The molecular weight excluding hydrogens is 336 g/mol. The van der Waals surface area contributed by atoms with Crippen LogP contribution in [0.5, 0.6) is 0 Å². The molecule has 3 unspecified atom stereocenters. The fraction of sp³-hybridized carbons (Fsp3) is 0.842. The quantitative estimate of drug-likeness (QED) is 0.514. The van der Waals surface area contributed by atoms with E-state index < -0.39 is 30.1 Å². The first-order valence-electron chi connectivity index (χ1n) is 9.66. The van der Waals surface area contributed by atoms with Gasteiger partial charge in [0.05, 0.1) is 13.2 Å². The largest absolute Gasteiger partial charge is 0.464 e. The highest BCUT2D eigenvalue weighted by Gasteiger charge is 2.31. The summed E-state index contributed by atoms with van der Waals surface area (Å²) in [4.78, 5) is 36.9. The van der Waals surface area contributed by atoms with Crippen LogP contribution in [0.3, 0.4) is 0 Å². The lowest BCUT2D eigenvalue weighted by Crippen LogP contribution is -2.54. The summed E-state index contributed by atoms with van der Waals surface area (Å²) in [6, 6.07) is -1.49. The minimum absolute atomic E-state index is 0.101. The molecule has 0 radical (unpaired) electrons. The fourth-order valence-electron chi connectivity index (χ4n) is 2.32. The lowest BCUT2D eigenvalue weighted by molar-refractivity contribution is -0.148. The van der Waals surface area contributed by atoms with E-state index in [1.165, 1.54) is 0 Å². The molecule has 0 fully saturated rings. The lowest BCUT2D eigenvalue weighted by atomic mass is 9.97. The zero-order valence-corrected chi connectivity index (χ0v) is 17.1. The Labute approximate surface area is 157 Å². The van der Waals surface area contributed by atoms with Gasteiger partial charge < -0.3 is 20.1 Å². The Balaban J connectivity index is 5.07. The molecular formula is C19H36N2O5. The van der Waals surface area contributed by atoms with Gasteiger partial charge in [0.1, 0.15) is 12.1 Å². The number of esters is 1. The molecule has 0 spiro atoms. The Morgan fingerprint density at radius 3 is 1.96 bits per heavy atom. The first-order chi connectivity index (χ1) is 12.3. The topological polar surface area (TPSA) is 93.7 Å². The van der Waals surface area contributed by atoms with E-state index in [1.54, 1.807) is 0 Å². The van der Waals surface area contributed by atoms with E-state index in [-0.39, 0.29) is 11.8 Å². The predicted molar refractivity (Wildman–Crippen MR) is 101 cm³/mol. The van der Waals surface area contributed by atoms with Crippen molar-refractivity contribution in [2.45, 2.75) is 79.3 Å². The Morgan fingerprint density at radius 1 is 0.885 bits per heavy atom.